The molecule has 2 aliphatic heterocycles. The molecule has 2 aromatic rings. The van der Waals surface area contributed by atoms with Crippen LogP contribution in [-0.4, -0.2) is 32.2 Å². The first-order valence-corrected chi connectivity index (χ1v) is 10.5. The van der Waals surface area contributed by atoms with Gasteiger partial charge in [0.15, 0.2) is 0 Å². The first-order valence-electron chi connectivity index (χ1n) is 7.06. The molecule has 0 radical (unpaired) electrons. The van der Waals surface area contributed by atoms with Gasteiger partial charge in [0.25, 0.3) is 23.6 Å². The second kappa shape index (κ2) is 6.25. The van der Waals surface area contributed by atoms with Crippen LogP contribution in [0.15, 0.2) is 48.5 Å². The Labute approximate surface area is 154 Å². The molecule has 6 nitrogen and oxygen atoms in total. The molecule has 2 aromatic carbocycles. The smallest absolute Gasteiger partial charge is 0.268 e. The van der Waals surface area contributed by atoms with Gasteiger partial charge in [-0.15, -0.1) is 0 Å². The molecule has 4 amide bonds. The van der Waals surface area contributed by atoms with Gasteiger partial charge in [0.05, 0.1) is 22.3 Å². The van der Waals surface area contributed by atoms with Crippen molar-refractivity contribution >= 4 is 55.4 Å². The van der Waals surface area contributed by atoms with Crippen LogP contribution in [0.1, 0.15) is 41.4 Å². The monoisotopic (exact) mass is 388 g/mol. The first kappa shape index (κ1) is 16.2. The van der Waals surface area contributed by atoms with Gasteiger partial charge in [-0.25, -0.2) is 8.61 Å². The maximum atomic E-state index is 12.3. The van der Waals surface area contributed by atoms with Crippen LogP contribution in [0.25, 0.3) is 0 Å². The highest BCUT2D eigenvalue weighted by Gasteiger charge is 2.39. The molecular formula is C16H8N2O4S3. The second-order valence-electron chi connectivity index (χ2n) is 5.12. The van der Waals surface area contributed by atoms with E-state index in [0.717, 1.165) is 40.4 Å². The van der Waals surface area contributed by atoms with Crippen molar-refractivity contribution in [2.24, 2.45) is 0 Å². The maximum Gasteiger partial charge on any atom is 0.272 e. The molecule has 9 heteroatoms. The van der Waals surface area contributed by atoms with Crippen molar-refractivity contribution in [3.05, 3.63) is 70.8 Å². The van der Waals surface area contributed by atoms with Gasteiger partial charge in [0.1, 0.15) is 0 Å². The van der Waals surface area contributed by atoms with E-state index < -0.39 is 23.6 Å². The lowest BCUT2D eigenvalue weighted by molar-refractivity contribution is 0.0763. The molecule has 0 atom stereocenters. The fourth-order valence-corrected chi connectivity index (χ4v) is 5.96. The summed E-state index contributed by atoms with van der Waals surface area (Å²) in [5, 5.41) is 0. The minimum Gasteiger partial charge on any atom is -0.268 e. The summed E-state index contributed by atoms with van der Waals surface area (Å²) in [6, 6.07) is 13.2. The lowest BCUT2D eigenvalue weighted by atomic mass is 10.1. The minimum atomic E-state index is -0.402. The van der Waals surface area contributed by atoms with Gasteiger partial charge in [0, 0.05) is 31.8 Å². The lowest BCUT2D eigenvalue weighted by Gasteiger charge is -2.13. The standard InChI is InChI=1S/C16H8N2O4S3/c19-13-9-5-1-2-6-10(9)14(20)17(13)23-25-24-18-15(21)11-7-3-4-8-12(11)16(18)22/h1-8H. The third kappa shape index (κ3) is 2.55. The van der Waals surface area contributed by atoms with Gasteiger partial charge >= 0.3 is 0 Å². The van der Waals surface area contributed by atoms with Crippen LogP contribution in [0.3, 0.4) is 0 Å². The zero-order chi connectivity index (χ0) is 17.6. The number of carbonyl (C=O) groups is 4. The van der Waals surface area contributed by atoms with E-state index in [2.05, 4.69) is 0 Å². The van der Waals surface area contributed by atoms with Crippen molar-refractivity contribution in [2.45, 2.75) is 0 Å². The Hall–Kier alpha value is -2.23. The predicted molar refractivity (Wildman–Crippen MR) is 96.7 cm³/mol. The molecule has 0 N–H and O–H groups in total. The molecule has 0 aromatic heterocycles. The quantitative estimate of drug-likeness (QED) is 0.451. The summed E-state index contributed by atoms with van der Waals surface area (Å²) < 4.78 is 2.06. The normalized spacial score (nSPS) is 15.8. The van der Waals surface area contributed by atoms with E-state index in [4.69, 9.17) is 0 Å². The number of rotatable bonds is 4. The number of hydrogen-bond donors (Lipinski definition) is 0. The van der Waals surface area contributed by atoms with E-state index in [0.29, 0.717) is 22.3 Å². The van der Waals surface area contributed by atoms with E-state index >= 15 is 0 Å². The molecule has 0 unspecified atom stereocenters. The fraction of sp³-hybridized carbons (Fsp3) is 0. The molecule has 2 aliphatic rings. The van der Waals surface area contributed by atoms with Crippen LogP contribution < -0.4 is 0 Å². The Kier molecular flexibility index (Phi) is 4.06. The number of fused-ring (bicyclic) bond motifs is 2. The molecule has 0 fully saturated rings. The first-order chi connectivity index (χ1) is 12.1. The number of amides is 4. The molecule has 0 aliphatic carbocycles. The van der Waals surface area contributed by atoms with Crippen LogP contribution in [-0.2, 0) is 0 Å². The molecule has 0 bridgehead atoms. The van der Waals surface area contributed by atoms with E-state index in [-0.39, 0.29) is 0 Å². The van der Waals surface area contributed by atoms with Crippen molar-refractivity contribution in [1.82, 2.24) is 8.61 Å². The average molecular weight is 388 g/mol. The molecular weight excluding hydrogens is 380 g/mol. The Morgan fingerprint density at radius 2 is 0.800 bits per heavy atom. The molecule has 124 valence electrons. The summed E-state index contributed by atoms with van der Waals surface area (Å²) in [7, 11) is 2.79. The minimum absolute atomic E-state index is 0.353. The Bertz CT molecular complexity index is 801. The van der Waals surface area contributed by atoms with Gasteiger partial charge < -0.3 is 0 Å². The van der Waals surface area contributed by atoms with Crippen molar-refractivity contribution in [2.75, 3.05) is 0 Å². The van der Waals surface area contributed by atoms with Crippen molar-refractivity contribution in [3.8, 4) is 0 Å². The van der Waals surface area contributed by atoms with E-state index in [1.165, 1.54) is 0 Å². The van der Waals surface area contributed by atoms with Crippen molar-refractivity contribution in [1.29, 1.82) is 0 Å². The van der Waals surface area contributed by atoms with Gasteiger partial charge in [0.2, 0.25) is 0 Å². The Morgan fingerprint density at radius 1 is 0.520 bits per heavy atom. The number of benzene rings is 2. The van der Waals surface area contributed by atoms with Crippen molar-refractivity contribution < 1.29 is 19.2 Å². The number of hydrogen-bond acceptors (Lipinski definition) is 7. The van der Waals surface area contributed by atoms with Crippen LogP contribution >= 0.6 is 31.8 Å². The SMILES string of the molecule is O=C1c2ccccc2C(=O)N1SSSN1C(=O)c2ccccc2C1=O. The summed E-state index contributed by atoms with van der Waals surface area (Å²) in [5.41, 5.74) is 1.41. The zero-order valence-electron chi connectivity index (χ0n) is 12.4. The highest BCUT2D eigenvalue weighted by molar-refractivity contribution is 9.08. The maximum absolute atomic E-state index is 12.3. The molecule has 0 saturated heterocycles. The highest BCUT2D eigenvalue weighted by Crippen LogP contribution is 2.45. The third-order valence-electron chi connectivity index (χ3n) is 3.72. The average Bonchev–Trinajstić information content (AvgIpc) is 3.03. The van der Waals surface area contributed by atoms with Gasteiger partial charge in [-0.3, -0.25) is 19.2 Å². The summed E-state index contributed by atoms with van der Waals surface area (Å²) >= 11 is 0. The van der Waals surface area contributed by atoms with Crippen LogP contribution in [0.4, 0.5) is 0 Å². The molecule has 2 heterocycles. The topological polar surface area (TPSA) is 74.8 Å². The number of imide groups is 2. The number of carbonyl (C=O) groups excluding carboxylic acids is 4. The molecule has 0 spiro atoms. The van der Waals surface area contributed by atoms with Crippen LogP contribution in [0.5, 0.6) is 0 Å². The van der Waals surface area contributed by atoms with E-state index in [1.54, 1.807) is 48.5 Å². The Morgan fingerprint density at radius 3 is 1.08 bits per heavy atom. The fourth-order valence-electron chi connectivity index (χ4n) is 2.54. The van der Waals surface area contributed by atoms with Gasteiger partial charge in [-0.1, -0.05) is 24.3 Å². The van der Waals surface area contributed by atoms with Gasteiger partial charge in [-0.05, 0) is 24.3 Å². The largest absolute Gasteiger partial charge is 0.272 e. The van der Waals surface area contributed by atoms with Crippen molar-refractivity contribution in [3.63, 3.8) is 0 Å². The van der Waals surface area contributed by atoms with Gasteiger partial charge in [-0.2, -0.15) is 0 Å². The van der Waals surface area contributed by atoms with Crippen LogP contribution in [0.2, 0.25) is 0 Å². The van der Waals surface area contributed by atoms with Crippen LogP contribution in [0, 0.1) is 0 Å². The number of nitrogens with zero attached hydrogens (tertiary/aromatic N) is 2. The molecule has 25 heavy (non-hydrogen) atoms. The second-order valence-corrected chi connectivity index (χ2v) is 8.81. The summed E-state index contributed by atoms with van der Waals surface area (Å²) in [6.07, 6.45) is 0. The highest BCUT2D eigenvalue weighted by atomic mass is 33.5. The Balaban J connectivity index is 1.43. The summed E-state index contributed by atoms with van der Waals surface area (Å²) in [6.45, 7) is 0. The molecule has 4 rings (SSSR count). The van der Waals surface area contributed by atoms with E-state index in [1.807, 2.05) is 0 Å². The summed E-state index contributed by atoms with van der Waals surface area (Å²) in [4.78, 5) is 49.0. The zero-order valence-corrected chi connectivity index (χ0v) is 14.8. The third-order valence-corrected chi connectivity index (χ3v) is 7.16. The van der Waals surface area contributed by atoms with E-state index in [9.17, 15) is 19.2 Å². The molecule has 0 saturated carbocycles. The summed E-state index contributed by atoms with van der Waals surface area (Å²) in [5.74, 6) is -1.61. The predicted octanol–water partition coefficient (Wildman–Crippen LogP) is 3.44. The lowest BCUT2D eigenvalue weighted by Crippen LogP contribution is -2.22.